The zero-order valence-corrected chi connectivity index (χ0v) is 11.6. The second-order valence-electron chi connectivity index (χ2n) is 2.22. The predicted octanol–water partition coefficient (Wildman–Crippen LogP) is -3.47. The third kappa shape index (κ3) is 8.84. The van der Waals surface area contributed by atoms with Gasteiger partial charge in [0.25, 0.3) is 0 Å². The van der Waals surface area contributed by atoms with Crippen molar-refractivity contribution in [2.75, 3.05) is 7.11 Å². The van der Waals surface area contributed by atoms with Crippen LogP contribution in [0, 0.1) is 0 Å². The summed E-state index contributed by atoms with van der Waals surface area (Å²) in [5.41, 5.74) is 0.0674. The van der Waals surface area contributed by atoms with Gasteiger partial charge in [-0.15, -0.1) is 0 Å². The van der Waals surface area contributed by atoms with Crippen molar-refractivity contribution in [1.82, 2.24) is 0 Å². The van der Waals surface area contributed by atoms with Gasteiger partial charge in [0.1, 0.15) is 5.75 Å². The molecular formula is C8H9NaO6S. The van der Waals surface area contributed by atoms with Crippen LogP contribution in [0.4, 0.5) is 0 Å². The van der Waals surface area contributed by atoms with Gasteiger partial charge in [0.2, 0.25) is 0 Å². The number of aromatic hydroxyl groups is 1. The smallest absolute Gasteiger partial charge is 0.545 e. The molecule has 1 aromatic carbocycles. The van der Waals surface area contributed by atoms with Gasteiger partial charge < -0.3 is 15.0 Å². The van der Waals surface area contributed by atoms with Crippen LogP contribution in [0.2, 0.25) is 0 Å². The Kier molecular flexibility index (Phi) is 10.9. The largest absolute Gasteiger partial charge is 1.00 e. The third-order valence-electron chi connectivity index (χ3n) is 1.25. The van der Waals surface area contributed by atoms with Crippen LogP contribution < -0.4 is 34.7 Å². The van der Waals surface area contributed by atoms with Crippen LogP contribution in [-0.4, -0.2) is 26.9 Å². The molecular weight excluding hydrogens is 247 g/mol. The topological polar surface area (TPSA) is 107 Å². The van der Waals surface area contributed by atoms with Crippen LogP contribution >= 0.6 is 0 Å². The van der Waals surface area contributed by atoms with E-state index in [1.54, 1.807) is 0 Å². The summed E-state index contributed by atoms with van der Waals surface area (Å²) in [6, 6.07) is 5.16. The van der Waals surface area contributed by atoms with Gasteiger partial charge in [-0.3, -0.25) is 8.74 Å². The van der Waals surface area contributed by atoms with Gasteiger partial charge in [0.05, 0.1) is 13.1 Å². The summed E-state index contributed by atoms with van der Waals surface area (Å²) in [4.78, 5) is 10.1. The summed E-state index contributed by atoms with van der Waals surface area (Å²) in [6.07, 6.45) is 0. The Labute approximate surface area is 117 Å². The molecule has 6 nitrogen and oxygen atoms in total. The normalized spacial score (nSPS) is 10.4. The Morgan fingerprint density at radius 1 is 1.38 bits per heavy atom. The number of phenolic OH excluding ortho intramolecular Hbond substituents is 1. The van der Waals surface area contributed by atoms with E-state index >= 15 is 0 Å². The number of hydrogen-bond donors (Lipinski definition) is 2. The quantitative estimate of drug-likeness (QED) is 0.420. The SMILES string of the molecule is COS(=O)O.O=C([O-])c1ccc(O)cc1.[Na+]. The molecule has 0 fully saturated rings. The number of phenols is 1. The fourth-order valence-electron chi connectivity index (χ4n) is 0.598. The first-order chi connectivity index (χ1) is 6.97. The van der Waals surface area contributed by atoms with Crippen LogP contribution in [-0.2, 0) is 15.5 Å². The molecule has 8 heteroatoms. The Morgan fingerprint density at radius 3 is 2.00 bits per heavy atom. The van der Waals surface area contributed by atoms with E-state index in [0.717, 1.165) is 7.11 Å². The van der Waals surface area contributed by atoms with E-state index in [2.05, 4.69) is 4.18 Å². The maximum Gasteiger partial charge on any atom is 1.00 e. The molecule has 1 rings (SSSR count). The molecule has 0 spiro atoms. The second-order valence-corrected chi connectivity index (χ2v) is 2.99. The molecule has 0 aromatic heterocycles. The van der Waals surface area contributed by atoms with Gasteiger partial charge in [-0.1, -0.05) is 0 Å². The third-order valence-corrected chi connectivity index (χ3v) is 1.53. The Hall–Kier alpha value is -0.440. The van der Waals surface area contributed by atoms with Crippen molar-refractivity contribution in [2.45, 2.75) is 0 Å². The second kappa shape index (κ2) is 9.76. The van der Waals surface area contributed by atoms with E-state index in [9.17, 15) is 14.1 Å². The molecule has 84 valence electrons. The van der Waals surface area contributed by atoms with Gasteiger partial charge in [0, 0.05) is 0 Å². The molecule has 2 N–H and O–H groups in total. The van der Waals surface area contributed by atoms with E-state index in [1.807, 2.05) is 0 Å². The summed E-state index contributed by atoms with van der Waals surface area (Å²) in [5, 5.41) is 18.8. The number of carbonyl (C=O) groups is 1. The van der Waals surface area contributed by atoms with Crippen molar-refractivity contribution in [3.05, 3.63) is 29.8 Å². The minimum Gasteiger partial charge on any atom is -0.545 e. The van der Waals surface area contributed by atoms with E-state index < -0.39 is 17.3 Å². The molecule has 1 unspecified atom stereocenters. The summed E-state index contributed by atoms with van der Waals surface area (Å²) in [7, 11) is 1.15. The van der Waals surface area contributed by atoms with Crippen LogP contribution in [0.1, 0.15) is 10.4 Å². The first-order valence-corrected chi connectivity index (χ1v) is 4.66. The molecule has 1 aromatic rings. The van der Waals surface area contributed by atoms with Gasteiger partial charge >= 0.3 is 40.9 Å². The van der Waals surface area contributed by atoms with E-state index in [1.165, 1.54) is 24.3 Å². The van der Waals surface area contributed by atoms with E-state index in [0.29, 0.717) is 0 Å². The molecule has 0 aliphatic heterocycles. The average Bonchev–Trinajstić information content (AvgIpc) is 2.19. The maximum absolute atomic E-state index is 10.1. The molecule has 0 aliphatic carbocycles. The first-order valence-electron chi connectivity index (χ1n) is 3.63. The number of rotatable bonds is 2. The van der Waals surface area contributed by atoms with Crippen LogP contribution in [0.25, 0.3) is 0 Å². The minimum atomic E-state index is -2.07. The van der Waals surface area contributed by atoms with Crippen molar-refractivity contribution >= 4 is 17.3 Å². The fourth-order valence-corrected chi connectivity index (χ4v) is 0.598. The average molecular weight is 256 g/mol. The number of benzene rings is 1. The molecule has 0 heterocycles. The Morgan fingerprint density at radius 2 is 1.75 bits per heavy atom. The van der Waals surface area contributed by atoms with Gasteiger partial charge in [-0.25, -0.2) is 0 Å². The number of carboxylic acid groups (broad SMARTS) is 1. The number of carbonyl (C=O) groups excluding carboxylic acids is 1. The first kappa shape index (κ1) is 17.9. The van der Waals surface area contributed by atoms with Crippen molar-refractivity contribution in [1.29, 1.82) is 0 Å². The number of hydrogen-bond acceptors (Lipinski definition) is 5. The van der Waals surface area contributed by atoms with Crippen molar-refractivity contribution in [3.8, 4) is 5.75 Å². The molecule has 16 heavy (non-hydrogen) atoms. The number of carboxylic acids is 1. The zero-order chi connectivity index (χ0) is 11.8. The van der Waals surface area contributed by atoms with Crippen LogP contribution in [0.3, 0.4) is 0 Å². The zero-order valence-electron chi connectivity index (χ0n) is 8.75. The van der Waals surface area contributed by atoms with E-state index in [4.69, 9.17) is 9.66 Å². The summed E-state index contributed by atoms with van der Waals surface area (Å²) >= 11 is -2.07. The molecule has 0 saturated carbocycles. The van der Waals surface area contributed by atoms with Gasteiger partial charge in [-0.05, 0) is 29.8 Å². The van der Waals surface area contributed by atoms with Crippen molar-refractivity contribution in [2.24, 2.45) is 0 Å². The monoisotopic (exact) mass is 256 g/mol. The van der Waals surface area contributed by atoms with Crippen molar-refractivity contribution < 1.29 is 57.5 Å². The number of aromatic carboxylic acids is 1. The van der Waals surface area contributed by atoms with E-state index in [-0.39, 0.29) is 40.9 Å². The molecule has 1 atom stereocenters. The fraction of sp³-hybridized carbons (Fsp3) is 0.125. The molecule has 0 bridgehead atoms. The van der Waals surface area contributed by atoms with Gasteiger partial charge in [-0.2, -0.15) is 4.21 Å². The van der Waals surface area contributed by atoms with Gasteiger partial charge in [0.15, 0.2) is 0 Å². The van der Waals surface area contributed by atoms with Crippen LogP contribution in [0.15, 0.2) is 24.3 Å². The molecule has 0 aliphatic rings. The van der Waals surface area contributed by atoms with Crippen molar-refractivity contribution in [3.63, 3.8) is 0 Å². The Balaban J connectivity index is 0. The molecule has 0 radical (unpaired) electrons. The molecule has 0 amide bonds. The predicted molar refractivity (Wildman–Crippen MR) is 50.2 cm³/mol. The van der Waals surface area contributed by atoms with Crippen LogP contribution in [0.5, 0.6) is 5.75 Å². The standard InChI is InChI=1S/C7H6O3.CH4O3S.Na/c8-6-3-1-5(2-4-6)7(9)10;1-4-5(2)3;/h1-4,8H,(H,9,10);1H3,(H,2,3);/q;;+1/p-1. The minimum absolute atomic E-state index is 0. The maximum atomic E-state index is 10.1. The molecule has 0 saturated heterocycles. The summed E-state index contributed by atoms with van der Waals surface area (Å²) in [5.74, 6) is -1.19. The summed E-state index contributed by atoms with van der Waals surface area (Å²) in [6.45, 7) is 0. The Bertz CT molecular complexity index is 339. The summed E-state index contributed by atoms with van der Waals surface area (Å²) < 4.78 is 20.6.